The Labute approximate surface area is 177 Å². The van der Waals surface area contributed by atoms with E-state index in [1.165, 1.54) is 6.42 Å². The summed E-state index contributed by atoms with van der Waals surface area (Å²) >= 11 is 1.57. The van der Waals surface area contributed by atoms with Gasteiger partial charge in [0.25, 0.3) is 0 Å². The molecule has 1 atom stereocenters. The first-order chi connectivity index (χ1) is 12.2. The molecule has 1 aliphatic heterocycles. The van der Waals surface area contributed by atoms with Gasteiger partial charge in [0.05, 0.1) is 18.7 Å². The first kappa shape index (κ1) is 23.7. The Morgan fingerprint density at radius 1 is 1.33 bits per heavy atom. The van der Waals surface area contributed by atoms with E-state index in [1.807, 2.05) is 36.6 Å². The van der Waals surface area contributed by atoms with E-state index in [-0.39, 0.29) is 30.7 Å². The molecular formula is C19H27Cl2N3O2S. The summed E-state index contributed by atoms with van der Waals surface area (Å²) < 4.78 is 5.46. The average Bonchev–Trinajstić information content (AvgIpc) is 3.28. The summed E-state index contributed by atoms with van der Waals surface area (Å²) in [6.45, 7) is 5.56. The minimum absolute atomic E-state index is 0. The Hall–Kier alpha value is -1.34. The molecule has 1 aliphatic rings. The Kier molecular flexibility index (Phi) is 10.7. The Balaban J connectivity index is 0.00000182. The molecule has 0 radical (unpaired) electrons. The van der Waals surface area contributed by atoms with Gasteiger partial charge in [0, 0.05) is 17.5 Å². The van der Waals surface area contributed by atoms with Crippen LogP contribution in [0.1, 0.15) is 25.5 Å². The van der Waals surface area contributed by atoms with Crippen LogP contribution in [0.4, 0.5) is 0 Å². The number of ether oxygens (including phenoxy) is 1. The molecule has 1 aromatic heterocycles. The minimum Gasteiger partial charge on any atom is -0.494 e. The third kappa shape index (κ3) is 7.30. The number of nitrogens with zero attached hydrogens (tertiary/aromatic N) is 1. The second kappa shape index (κ2) is 12.2. The van der Waals surface area contributed by atoms with Gasteiger partial charge in [-0.2, -0.15) is 0 Å². The van der Waals surface area contributed by atoms with Gasteiger partial charge in [-0.25, -0.2) is 4.98 Å². The largest absolute Gasteiger partial charge is 0.494 e. The second-order valence-electron chi connectivity index (χ2n) is 6.28. The van der Waals surface area contributed by atoms with E-state index in [1.54, 1.807) is 11.3 Å². The fraction of sp³-hybridized carbons (Fsp3) is 0.474. The molecular weight excluding hydrogens is 405 g/mol. The highest BCUT2D eigenvalue weighted by molar-refractivity contribution is 7.13. The molecule has 1 saturated heterocycles. The second-order valence-corrected chi connectivity index (χ2v) is 7.13. The molecule has 1 fully saturated rings. The SMILES string of the molecule is CCOc1ccc(-c2nc(CC(=O)NCCC3CCNC3)cs2)cc1.Cl.Cl. The van der Waals surface area contributed by atoms with Crippen LogP contribution in [0.15, 0.2) is 29.6 Å². The molecule has 1 unspecified atom stereocenters. The molecule has 27 heavy (non-hydrogen) atoms. The number of nitrogens with one attached hydrogen (secondary N) is 2. The van der Waals surface area contributed by atoms with Crippen molar-refractivity contribution in [3.63, 3.8) is 0 Å². The highest BCUT2D eigenvalue weighted by Gasteiger charge is 2.14. The number of aromatic nitrogens is 1. The number of rotatable bonds is 8. The van der Waals surface area contributed by atoms with Gasteiger partial charge in [-0.15, -0.1) is 36.2 Å². The lowest BCUT2D eigenvalue weighted by molar-refractivity contribution is -0.120. The van der Waals surface area contributed by atoms with Crippen LogP contribution in [0.5, 0.6) is 5.75 Å². The molecule has 0 bridgehead atoms. The van der Waals surface area contributed by atoms with Gasteiger partial charge in [-0.05, 0) is 63.0 Å². The van der Waals surface area contributed by atoms with Crippen molar-refractivity contribution >= 4 is 42.1 Å². The molecule has 0 saturated carbocycles. The monoisotopic (exact) mass is 431 g/mol. The lowest BCUT2D eigenvalue weighted by Crippen LogP contribution is -2.27. The summed E-state index contributed by atoms with van der Waals surface area (Å²) in [7, 11) is 0. The van der Waals surface area contributed by atoms with E-state index in [0.29, 0.717) is 18.9 Å². The zero-order chi connectivity index (χ0) is 17.5. The van der Waals surface area contributed by atoms with Crippen LogP contribution in [0.25, 0.3) is 10.6 Å². The lowest BCUT2D eigenvalue weighted by Gasteiger charge is -2.08. The van der Waals surface area contributed by atoms with E-state index in [2.05, 4.69) is 15.6 Å². The first-order valence-electron chi connectivity index (χ1n) is 8.89. The lowest BCUT2D eigenvalue weighted by atomic mass is 10.1. The molecule has 5 nitrogen and oxygen atoms in total. The third-order valence-corrected chi connectivity index (χ3v) is 5.28. The molecule has 0 spiro atoms. The van der Waals surface area contributed by atoms with Crippen molar-refractivity contribution in [2.45, 2.75) is 26.2 Å². The highest BCUT2D eigenvalue weighted by atomic mass is 35.5. The van der Waals surface area contributed by atoms with Gasteiger partial charge < -0.3 is 15.4 Å². The summed E-state index contributed by atoms with van der Waals surface area (Å²) in [6, 6.07) is 7.90. The van der Waals surface area contributed by atoms with Gasteiger partial charge in [-0.1, -0.05) is 0 Å². The van der Waals surface area contributed by atoms with Crippen LogP contribution >= 0.6 is 36.2 Å². The number of thiazole rings is 1. The molecule has 8 heteroatoms. The van der Waals surface area contributed by atoms with Crippen LogP contribution in [-0.2, 0) is 11.2 Å². The van der Waals surface area contributed by atoms with Crippen molar-refractivity contribution < 1.29 is 9.53 Å². The smallest absolute Gasteiger partial charge is 0.226 e. The molecule has 2 N–H and O–H groups in total. The maximum Gasteiger partial charge on any atom is 0.226 e. The average molecular weight is 432 g/mol. The van der Waals surface area contributed by atoms with Crippen LogP contribution in [0.3, 0.4) is 0 Å². The van der Waals surface area contributed by atoms with Crippen molar-refractivity contribution in [2.24, 2.45) is 5.92 Å². The number of benzene rings is 1. The fourth-order valence-corrected chi connectivity index (χ4v) is 3.81. The quantitative estimate of drug-likeness (QED) is 0.668. The number of halogens is 2. The van der Waals surface area contributed by atoms with E-state index >= 15 is 0 Å². The molecule has 150 valence electrons. The van der Waals surface area contributed by atoms with Crippen molar-refractivity contribution in [3.8, 4) is 16.3 Å². The zero-order valence-electron chi connectivity index (χ0n) is 15.4. The number of hydrogen-bond donors (Lipinski definition) is 2. The van der Waals surface area contributed by atoms with Gasteiger partial charge in [-0.3, -0.25) is 4.79 Å². The van der Waals surface area contributed by atoms with Crippen molar-refractivity contribution in [1.82, 2.24) is 15.6 Å². The molecule has 1 amide bonds. The zero-order valence-corrected chi connectivity index (χ0v) is 17.9. The standard InChI is InChI=1S/C19H25N3O2S.2ClH/c1-2-24-17-5-3-15(4-6-17)19-22-16(13-25-19)11-18(23)21-10-8-14-7-9-20-12-14;;/h3-6,13-14,20H,2,7-12H2,1H3,(H,21,23);2*1H. The van der Waals surface area contributed by atoms with E-state index in [0.717, 1.165) is 48.1 Å². The Morgan fingerprint density at radius 3 is 2.78 bits per heavy atom. The topological polar surface area (TPSA) is 63.2 Å². The summed E-state index contributed by atoms with van der Waals surface area (Å²) in [5, 5.41) is 9.26. The normalized spacial score (nSPS) is 15.5. The van der Waals surface area contributed by atoms with Crippen LogP contribution in [0.2, 0.25) is 0 Å². The van der Waals surface area contributed by atoms with Gasteiger partial charge in [0.1, 0.15) is 10.8 Å². The Morgan fingerprint density at radius 2 is 2.11 bits per heavy atom. The van der Waals surface area contributed by atoms with Gasteiger partial charge in [0.15, 0.2) is 0 Å². The van der Waals surface area contributed by atoms with Gasteiger partial charge in [0.2, 0.25) is 5.91 Å². The molecule has 1 aromatic carbocycles. The summed E-state index contributed by atoms with van der Waals surface area (Å²) in [5.74, 6) is 1.61. The highest BCUT2D eigenvalue weighted by Crippen LogP contribution is 2.26. The Bertz CT molecular complexity index is 689. The first-order valence-corrected chi connectivity index (χ1v) is 9.77. The van der Waals surface area contributed by atoms with Crippen LogP contribution in [-0.4, -0.2) is 37.1 Å². The number of amides is 1. The van der Waals surface area contributed by atoms with Crippen LogP contribution in [0, 0.1) is 5.92 Å². The maximum absolute atomic E-state index is 12.1. The third-order valence-electron chi connectivity index (χ3n) is 4.34. The number of carbonyl (C=O) groups is 1. The molecule has 0 aliphatic carbocycles. The fourth-order valence-electron chi connectivity index (χ4n) is 2.98. The molecule has 2 aromatic rings. The van der Waals surface area contributed by atoms with Gasteiger partial charge >= 0.3 is 0 Å². The minimum atomic E-state index is 0. The van der Waals surface area contributed by atoms with Crippen molar-refractivity contribution in [2.75, 3.05) is 26.2 Å². The summed E-state index contributed by atoms with van der Waals surface area (Å²) in [5.41, 5.74) is 1.88. The molecule has 2 heterocycles. The summed E-state index contributed by atoms with van der Waals surface area (Å²) in [6.07, 6.45) is 2.61. The predicted molar refractivity (Wildman–Crippen MR) is 116 cm³/mol. The summed E-state index contributed by atoms with van der Waals surface area (Å²) in [4.78, 5) is 16.7. The maximum atomic E-state index is 12.1. The van der Waals surface area contributed by atoms with Crippen molar-refractivity contribution in [1.29, 1.82) is 0 Å². The predicted octanol–water partition coefficient (Wildman–Crippen LogP) is 3.71. The van der Waals surface area contributed by atoms with Crippen LogP contribution < -0.4 is 15.4 Å². The number of carbonyl (C=O) groups excluding carboxylic acids is 1. The van der Waals surface area contributed by atoms with E-state index in [4.69, 9.17) is 4.74 Å². The van der Waals surface area contributed by atoms with E-state index < -0.39 is 0 Å². The van der Waals surface area contributed by atoms with Crippen molar-refractivity contribution in [3.05, 3.63) is 35.3 Å². The molecule has 3 rings (SSSR count). The number of hydrogen-bond acceptors (Lipinski definition) is 5. The van der Waals surface area contributed by atoms with E-state index in [9.17, 15) is 4.79 Å².